The molecule has 0 saturated carbocycles. The van der Waals surface area contributed by atoms with Crippen LogP contribution in [0.25, 0.3) is 22.4 Å². The van der Waals surface area contributed by atoms with Gasteiger partial charge in [-0.05, 0) is 53.6 Å². The lowest BCUT2D eigenvalue weighted by atomic mass is 9.96. The third kappa shape index (κ3) is 5.71. The minimum Gasteiger partial charge on any atom is -0.495 e. The van der Waals surface area contributed by atoms with Crippen LogP contribution in [0.1, 0.15) is 16.8 Å². The topological polar surface area (TPSA) is 36.3 Å². The van der Waals surface area contributed by atoms with Gasteiger partial charge in [-0.15, -0.1) is 0 Å². The Hall–Kier alpha value is -3.37. The molecule has 0 fully saturated rings. The predicted octanol–water partition coefficient (Wildman–Crippen LogP) is 8.69. The monoisotopic (exact) mass is 574 g/mol. The third-order valence-corrected chi connectivity index (χ3v) is 6.22. The predicted molar refractivity (Wildman–Crippen MR) is 131 cm³/mol. The molecule has 38 heavy (non-hydrogen) atoms. The highest BCUT2D eigenvalue weighted by Gasteiger charge is 2.36. The van der Waals surface area contributed by atoms with Crippen LogP contribution in [0, 0.1) is 0 Å². The van der Waals surface area contributed by atoms with Gasteiger partial charge in [0.1, 0.15) is 18.1 Å². The fourth-order valence-electron chi connectivity index (χ4n) is 3.87. The minimum atomic E-state index is -4.76. The van der Waals surface area contributed by atoms with Crippen LogP contribution >= 0.6 is 23.2 Å². The largest absolute Gasteiger partial charge is 0.495 e. The summed E-state index contributed by atoms with van der Waals surface area (Å²) >= 11 is 11.7. The van der Waals surface area contributed by atoms with Gasteiger partial charge < -0.3 is 9.47 Å². The Bertz CT molecular complexity index is 1460. The molecule has 12 heteroatoms. The summed E-state index contributed by atoms with van der Waals surface area (Å²) in [6.07, 6.45) is -9.46. The van der Waals surface area contributed by atoms with Crippen molar-refractivity contribution in [2.45, 2.75) is 19.0 Å². The van der Waals surface area contributed by atoms with Gasteiger partial charge in [-0.2, -0.15) is 31.4 Å². The van der Waals surface area contributed by atoms with Crippen molar-refractivity contribution in [3.8, 4) is 33.9 Å². The van der Waals surface area contributed by atoms with Crippen LogP contribution in [0.2, 0.25) is 10.0 Å². The van der Waals surface area contributed by atoms with Crippen molar-refractivity contribution in [2.75, 3.05) is 7.11 Å². The summed E-state index contributed by atoms with van der Waals surface area (Å²) in [7, 11) is 2.58. The maximum Gasteiger partial charge on any atom is 0.435 e. The number of alkyl halides is 6. The van der Waals surface area contributed by atoms with Gasteiger partial charge in [-0.3, -0.25) is 4.68 Å². The molecule has 0 spiro atoms. The van der Waals surface area contributed by atoms with Crippen LogP contribution in [-0.2, 0) is 26.0 Å². The van der Waals surface area contributed by atoms with E-state index in [2.05, 4.69) is 5.10 Å². The molecule has 4 nitrogen and oxygen atoms in total. The lowest BCUT2D eigenvalue weighted by Gasteiger charge is -2.20. The van der Waals surface area contributed by atoms with E-state index in [9.17, 15) is 26.3 Å². The Morgan fingerprint density at radius 1 is 0.868 bits per heavy atom. The first-order chi connectivity index (χ1) is 17.8. The van der Waals surface area contributed by atoms with Crippen LogP contribution in [0.5, 0.6) is 11.5 Å². The second-order valence-electron chi connectivity index (χ2n) is 8.16. The zero-order valence-electron chi connectivity index (χ0n) is 19.7. The normalized spacial score (nSPS) is 12.1. The molecule has 1 heterocycles. The van der Waals surface area contributed by atoms with Crippen molar-refractivity contribution < 1.29 is 35.8 Å². The van der Waals surface area contributed by atoms with Crippen molar-refractivity contribution in [1.29, 1.82) is 0 Å². The highest BCUT2D eigenvalue weighted by molar-refractivity contribution is 6.31. The van der Waals surface area contributed by atoms with Gasteiger partial charge >= 0.3 is 12.4 Å². The zero-order valence-corrected chi connectivity index (χ0v) is 21.2. The van der Waals surface area contributed by atoms with Gasteiger partial charge in [0.25, 0.3) is 0 Å². The number of nitrogens with zero attached hydrogens (tertiary/aromatic N) is 2. The Morgan fingerprint density at radius 3 is 2.13 bits per heavy atom. The summed E-state index contributed by atoms with van der Waals surface area (Å²) in [6.45, 7) is 0.0241. The summed E-state index contributed by atoms with van der Waals surface area (Å²) < 4.78 is 93.5. The molecule has 0 atom stereocenters. The highest BCUT2D eigenvalue weighted by Crippen LogP contribution is 2.47. The molecule has 0 radical (unpaired) electrons. The van der Waals surface area contributed by atoms with E-state index in [1.807, 2.05) is 0 Å². The summed E-state index contributed by atoms with van der Waals surface area (Å²) in [6, 6.07) is 13.7. The Balaban J connectivity index is 1.91. The van der Waals surface area contributed by atoms with Crippen molar-refractivity contribution in [1.82, 2.24) is 9.78 Å². The van der Waals surface area contributed by atoms with Crippen LogP contribution in [0.4, 0.5) is 26.3 Å². The summed E-state index contributed by atoms with van der Waals surface area (Å²) in [5, 5.41) is 3.52. The number of rotatable bonds is 6. The van der Waals surface area contributed by atoms with Gasteiger partial charge in [0.05, 0.1) is 29.0 Å². The van der Waals surface area contributed by atoms with Crippen molar-refractivity contribution in [2.24, 2.45) is 7.05 Å². The highest BCUT2D eigenvalue weighted by atomic mass is 35.5. The maximum atomic E-state index is 13.7. The SMILES string of the molecule is COc1c(-c2cc(C(F)(F)F)nn2C)ccc(OCc2ccc(Cl)cc2)c1-c1ccc(Cl)c(C(F)(F)F)c1. The molecule has 0 amide bonds. The standard InChI is InChI=1S/C26H18Cl2F6N2O2/c1-36-20(12-22(35-36)26(32,33)34)17-8-10-21(38-13-14-3-6-16(27)7-4-14)23(24(17)37-2)15-5-9-19(28)18(11-15)25(29,30)31/h3-12H,13H2,1-2H3. The van der Waals surface area contributed by atoms with Gasteiger partial charge in [0.15, 0.2) is 5.69 Å². The number of hydrogen-bond donors (Lipinski definition) is 0. The Labute approximate surface area is 223 Å². The van der Waals surface area contributed by atoms with E-state index in [1.54, 1.807) is 24.3 Å². The van der Waals surface area contributed by atoms with E-state index in [1.165, 1.54) is 32.4 Å². The number of methoxy groups -OCH3 is 1. The molecule has 0 N–H and O–H groups in total. The lowest BCUT2D eigenvalue weighted by Crippen LogP contribution is -2.07. The van der Waals surface area contributed by atoms with E-state index < -0.39 is 28.6 Å². The zero-order chi connectivity index (χ0) is 27.8. The lowest BCUT2D eigenvalue weighted by molar-refractivity contribution is -0.141. The Kier molecular flexibility index (Phi) is 7.58. The molecule has 4 aromatic rings. The first-order valence-electron chi connectivity index (χ1n) is 10.9. The van der Waals surface area contributed by atoms with Crippen molar-refractivity contribution in [3.63, 3.8) is 0 Å². The summed E-state index contributed by atoms with van der Waals surface area (Å²) in [5.74, 6) is 0.125. The minimum absolute atomic E-state index is 0.00854. The third-order valence-electron chi connectivity index (χ3n) is 5.64. The van der Waals surface area contributed by atoms with E-state index in [0.717, 1.165) is 28.4 Å². The molecule has 0 aliphatic carbocycles. The first kappa shape index (κ1) is 27.7. The van der Waals surface area contributed by atoms with Crippen LogP contribution in [-0.4, -0.2) is 16.9 Å². The molecule has 1 aromatic heterocycles. The van der Waals surface area contributed by atoms with E-state index >= 15 is 0 Å². The van der Waals surface area contributed by atoms with Gasteiger partial charge in [0, 0.05) is 17.6 Å². The molecule has 0 aliphatic heterocycles. The molecule has 0 aliphatic rings. The molecule has 0 unspecified atom stereocenters. The number of aromatic nitrogens is 2. The number of ether oxygens (including phenoxy) is 2. The molecule has 0 bridgehead atoms. The van der Waals surface area contributed by atoms with Crippen LogP contribution in [0.3, 0.4) is 0 Å². The van der Waals surface area contributed by atoms with Crippen molar-refractivity contribution in [3.05, 3.63) is 87.5 Å². The van der Waals surface area contributed by atoms with Crippen molar-refractivity contribution >= 4 is 23.2 Å². The fraction of sp³-hybridized carbons (Fsp3) is 0.192. The number of aryl methyl sites for hydroxylation is 1. The Morgan fingerprint density at radius 2 is 1.55 bits per heavy atom. The second kappa shape index (κ2) is 10.4. The summed E-state index contributed by atoms with van der Waals surface area (Å²) in [4.78, 5) is 0. The molecule has 0 saturated heterocycles. The molecular weight excluding hydrogens is 557 g/mol. The first-order valence-corrected chi connectivity index (χ1v) is 11.6. The van der Waals surface area contributed by atoms with Gasteiger partial charge in [-0.1, -0.05) is 41.4 Å². The van der Waals surface area contributed by atoms with E-state index in [4.69, 9.17) is 32.7 Å². The number of halogens is 8. The van der Waals surface area contributed by atoms with E-state index in [0.29, 0.717) is 5.02 Å². The average molecular weight is 575 g/mol. The van der Waals surface area contributed by atoms with Crippen LogP contribution in [0.15, 0.2) is 60.7 Å². The maximum absolute atomic E-state index is 13.7. The average Bonchev–Trinajstić information content (AvgIpc) is 3.24. The molecule has 4 rings (SSSR count). The van der Waals surface area contributed by atoms with Gasteiger partial charge in [-0.25, -0.2) is 0 Å². The smallest absolute Gasteiger partial charge is 0.435 e. The second-order valence-corrected chi connectivity index (χ2v) is 9.01. The van der Waals surface area contributed by atoms with E-state index in [-0.39, 0.29) is 40.5 Å². The fourth-order valence-corrected chi connectivity index (χ4v) is 4.22. The number of hydrogen-bond acceptors (Lipinski definition) is 3. The number of benzene rings is 3. The van der Waals surface area contributed by atoms with Gasteiger partial charge in [0.2, 0.25) is 0 Å². The molecule has 200 valence electrons. The quantitative estimate of drug-likeness (QED) is 0.216. The summed E-state index contributed by atoms with van der Waals surface area (Å²) in [5.41, 5.74) is -1.18. The molecule has 3 aromatic carbocycles. The molecular formula is C26H18Cl2F6N2O2. The van der Waals surface area contributed by atoms with Crippen LogP contribution < -0.4 is 9.47 Å².